The Morgan fingerprint density at radius 3 is 2.31 bits per heavy atom. The largest absolute Gasteiger partial charge is 0.479 e. The maximum atomic E-state index is 12.4. The van der Waals surface area contributed by atoms with Crippen LogP contribution in [-0.4, -0.2) is 17.2 Å². The minimum Gasteiger partial charge on any atom is -0.479 e. The number of carboxylic acids is 1. The van der Waals surface area contributed by atoms with Crippen molar-refractivity contribution >= 4 is 16.7 Å². The molecule has 32 heavy (non-hydrogen) atoms. The zero-order valence-electron chi connectivity index (χ0n) is 18.0. The van der Waals surface area contributed by atoms with Gasteiger partial charge in [0, 0.05) is 5.56 Å². The summed E-state index contributed by atoms with van der Waals surface area (Å²) in [5.74, 6) is 0.00648. The fraction of sp³-hybridized carbons (Fsp3) is 0.185. The fourth-order valence-electron chi connectivity index (χ4n) is 3.87. The number of aryl methyl sites for hydroxylation is 3. The van der Waals surface area contributed by atoms with Crippen LogP contribution < -0.4 is 10.4 Å². The summed E-state index contributed by atoms with van der Waals surface area (Å²) < 4.78 is 11.5. The third-order valence-electron chi connectivity index (χ3n) is 5.49. The number of hydrogen-bond acceptors (Lipinski definition) is 4. The molecule has 1 aromatic heterocycles. The minimum atomic E-state index is -0.996. The highest BCUT2D eigenvalue weighted by molar-refractivity contribution is 5.84. The summed E-state index contributed by atoms with van der Waals surface area (Å²) in [7, 11) is 0. The molecule has 1 N–H and O–H groups in total. The molecule has 0 aliphatic carbocycles. The molecule has 3 aromatic carbocycles. The van der Waals surface area contributed by atoms with E-state index in [1.165, 1.54) is 0 Å². The van der Waals surface area contributed by atoms with Crippen LogP contribution in [0.3, 0.4) is 0 Å². The Balaban J connectivity index is 1.61. The second kappa shape index (κ2) is 9.10. The van der Waals surface area contributed by atoms with Gasteiger partial charge in [0.05, 0.1) is 5.39 Å². The summed E-state index contributed by atoms with van der Waals surface area (Å²) in [6.45, 7) is 3.72. The SMILES string of the molecule is Cc1cc(-c2cc3ccccc3c(=O)o2)cc(C)c1OC(CCc1ccccc1)C(=O)O. The molecule has 1 atom stereocenters. The van der Waals surface area contributed by atoms with Crippen LogP contribution in [0.4, 0.5) is 0 Å². The van der Waals surface area contributed by atoms with E-state index in [0.29, 0.717) is 29.7 Å². The van der Waals surface area contributed by atoms with Crippen molar-refractivity contribution in [2.75, 3.05) is 0 Å². The van der Waals surface area contributed by atoms with Crippen molar-refractivity contribution < 1.29 is 19.1 Å². The van der Waals surface area contributed by atoms with Crippen LogP contribution >= 0.6 is 0 Å². The first-order chi connectivity index (χ1) is 15.4. The number of benzene rings is 3. The van der Waals surface area contributed by atoms with E-state index in [2.05, 4.69) is 0 Å². The molecule has 0 saturated heterocycles. The molecule has 0 aliphatic heterocycles. The van der Waals surface area contributed by atoms with Crippen LogP contribution in [0.15, 0.2) is 82.0 Å². The molecule has 0 fully saturated rings. The number of rotatable bonds is 7. The van der Waals surface area contributed by atoms with Crippen molar-refractivity contribution in [1.82, 2.24) is 0 Å². The van der Waals surface area contributed by atoms with Crippen LogP contribution in [0.5, 0.6) is 5.75 Å². The second-order valence-electron chi connectivity index (χ2n) is 7.89. The molecule has 0 aliphatic rings. The number of carbonyl (C=O) groups is 1. The zero-order chi connectivity index (χ0) is 22.7. The third kappa shape index (κ3) is 4.57. The lowest BCUT2D eigenvalue weighted by molar-refractivity contribution is -0.145. The maximum Gasteiger partial charge on any atom is 0.344 e. The van der Waals surface area contributed by atoms with Gasteiger partial charge in [0.25, 0.3) is 0 Å². The van der Waals surface area contributed by atoms with E-state index in [9.17, 15) is 14.7 Å². The molecular weight excluding hydrogens is 404 g/mol. The molecule has 4 aromatic rings. The Morgan fingerprint density at radius 2 is 1.62 bits per heavy atom. The molecular formula is C27H24O5. The summed E-state index contributed by atoms with van der Waals surface area (Å²) in [6.07, 6.45) is 0.00696. The van der Waals surface area contributed by atoms with Crippen LogP contribution in [0, 0.1) is 13.8 Å². The summed E-state index contributed by atoms with van der Waals surface area (Å²) in [4.78, 5) is 24.2. The highest BCUT2D eigenvalue weighted by atomic mass is 16.5. The lowest BCUT2D eigenvalue weighted by Crippen LogP contribution is -2.28. The Kier molecular flexibility index (Phi) is 6.08. The molecule has 0 bridgehead atoms. The van der Waals surface area contributed by atoms with Crippen molar-refractivity contribution in [1.29, 1.82) is 0 Å². The number of fused-ring (bicyclic) bond motifs is 1. The van der Waals surface area contributed by atoms with Crippen molar-refractivity contribution in [3.8, 4) is 17.1 Å². The van der Waals surface area contributed by atoms with Crippen LogP contribution in [-0.2, 0) is 11.2 Å². The Labute approximate surface area is 185 Å². The van der Waals surface area contributed by atoms with Gasteiger partial charge in [0.1, 0.15) is 11.5 Å². The quantitative estimate of drug-likeness (QED) is 0.418. The van der Waals surface area contributed by atoms with E-state index in [0.717, 1.165) is 27.6 Å². The highest BCUT2D eigenvalue weighted by Crippen LogP contribution is 2.32. The second-order valence-corrected chi connectivity index (χ2v) is 7.89. The highest BCUT2D eigenvalue weighted by Gasteiger charge is 2.22. The van der Waals surface area contributed by atoms with Gasteiger partial charge in [0.2, 0.25) is 0 Å². The Bertz CT molecular complexity index is 1300. The minimum absolute atomic E-state index is 0.361. The van der Waals surface area contributed by atoms with Gasteiger partial charge in [-0.05, 0) is 73.0 Å². The fourth-order valence-corrected chi connectivity index (χ4v) is 3.87. The average Bonchev–Trinajstić information content (AvgIpc) is 2.78. The molecule has 162 valence electrons. The van der Waals surface area contributed by atoms with Crippen LogP contribution in [0.1, 0.15) is 23.1 Å². The van der Waals surface area contributed by atoms with Crippen LogP contribution in [0.25, 0.3) is 22.1 Å². The Morgan fingerprint density at radius 1 is 0.969 bits per heavy atom. The van der Waals surface area contributed by atoms with Gasteiger partial charge >= 0.3 is 11.6 Å². The summed E-state index contributed by atoms with van der Waals surface area (Å²) >= 11 is 0. The lowest BCUT2D eigenvalue weighted by atomic mass is 10.0. The molecule has 0 spiro atoms. The summed E-state index contributed by atoms with van der Waals surface area (Å²) in [5.41, 5.74) is 2.98. The van der Waals surface area contributed by atoms with Gasteiger partial charge in [-0.2, -0.15) is 0 Å². The number of aliphatic carboxylic acids is 1. The van der Waals surface area contributed by atoms with Crippen molar-refractivity contribution in [3.05, 3.63) is 99.9 Å². The molecule has 1 heterocycles. The van der Waals surface area contributed by atoms with E-state index in [1.54, 1.807) is 12.1 Å². The van der Waals surface area contributed by atoms with Crippen molar-refractivity contribution in [2.24, 2.45) is 0 Å². The van der Waals surface area contributed by atoms with Gasteiger partial charge in [-0.25, -0.2) is 9.59 Å². The first-order valence-corrected chi connectivity index (χ1v) is 10.5. The molecule has 0 radical (unpaired) electrons. The van der Waals surface area contributed by atoms with E-state index in [4.69, 9.17) is 9.15 Å². The standard InChI is InChI=1S/C27H24O5/c1-17-14-21(24-16-20-10-6-7-11-22(20)27(30)32-24)15-18(2)25(17)31-23(26(28)29)13-12-19-8-4-3-5-9-19/h3-11,14-16,23H,12-13H2,1-2H3,(H,28,29). The molecule has 0 saturated carbocycles. The summed E-state index contributed by atoms with van der Waals surface area (Å²) in [5, 5.41) is 11.0. The first kappa shape index (κ1) is 21.4. The third-order valence-corrected chi connectivity index (χ3v) is 5.49. The molecule has 0 amide bonds. The predicted octanol–water partition coefficient (Wildman–Crippen LogP) is 5.54. The zero-order valence-corrected chi connectivity index (χ0v) is 18.0. The number of ether oxygens (including phenoxy) is 1. The van der Waals surface area contributed by atoms with E-state index in [-0.39, 0.29) is 5.63 Å². The van der Waals surface area contributed by atoms with Crippen LogP contribution in [0.2, 0.25) is 0 Å². The number of carboxylic acid groups (broad SMARTS) is 1. The van der Waals surface area contributed by atoms with Gasteiger partial charge in [-0.3, -0.25) is 0 Å². The first-order valence-electron chi connectivity index (χ1n) is 10.5. The molecule has 5 heteroatoms. The smallest absolute Gasteiger partial charge is 0.344 e. The normalized spacial score (nSPS) is 11.9. The molecule has 1 unspecified atom stereocenters. The van der Waals surface area contributed by atoms with E-state index in [1.807, 2.05) is 74.5 Å². The van der Waals surface area contributed by atoms with E-state index < -0.39 is 12.1 Å². The molecule has 5 nitrogen and oxygen atoms in total. The Hall–Kier alpha value is -3.86. The van der Waals surface area contributed by atoms with Crippen molar-refractivity contribution in [3.63, 3.8) is 0 Å². The predicted molar refractivity (Wildman–Crippen MR) is 124 cm³/mol. The summed E-state index contributed by atoms with van der Waals surface area (Å²) in [6, 6.07) is 22.6. The monoisotopic (exact) mass is 428 g/mol. The maximum absolute atomic E-state index is 12.4. The number of hydrogen-bond donors (Lipinski definition) is 1. The lowest BCUT2D eigenvalue weighted by Gasteiger charge is -2.19. The topological polar surface area (TPSA) is 76.7 Å². The van der Waals surface area contributed by atoms with Crippen molar-refractivity contribution in [2.45, 2.75) is 32.8 Å². The van der Waals surface area contributed by atoms with E-state index >= 15 is 0 Å². The average molecular weight is 428 g/mol. The van der Waals surface area contributed by atoms with Gasteiger partial charge in [0.15, 0.2) is 6.10 Å². The van der Waals surface area contributed by atoms with Gasteiger partial charge in [-0.1, -0.05) is 48.5 Å². The van der Waals surface area contributed by atoms with Gasteiger partial charge < -0.3 is 14.3 Å². The molecule has 4 rings (SSSR count). The van der Waals surface area contributed by atoms with Gasteiger partial charge in [-0.15, -0.1) is 0 Å².